The third-order valence-electron chi connectivity index (χ3n) is 8.09. The lowest BCUT2D eigenvalue weighted by Crippen LogP contribution is -2.59. The Bertz CT molecular complexity index is 1650. The molecule has 1 saturated carbocycles. The van der Waals surface area contributed by atoms with Gasteiger partial charge in [0.25, 0.3) is 12.4 Å². The van der Waals surface area contributed by atoms with Gasteiger partial charge in [-0.3, -0.25) is 14.4 Å². The van der Waals surface area contributed by atoms with Gasteiger partial charge in [0.2, 0.25) is 15.9 Å². The van der Waals surface area contributed by atoms with Crippen molar-refractivity contribution in [3.63, 3.8) is 0 Å². The van der Waals surface area contributed by atoms with E-state index in [1.807, 2.05) is 11.4 Å². The molecule has 2 heterocycles. The van der Waals surface area contributed by atoms with Crippen molar-refractivity contribution in [2.45, 2.75) is 62.8 Å². The smallest absolute Gasteiger partial charge is 0.293 e. The van der Waals surface area contributed by atoms with Crippen LogP contribution in [0.25, 0.3) is 0 Å². The molecule has 2 amide bonds. The maximum absolute atomic E-state index is 14.4. The number of halogens is 2. The standard InChI is InChI=1S/C31H33Cl2N3O6S2/c1-44(40,41)35-26-8-4-5-9-27(26)36-29(24-11-10-20(32)15-25(24)33)28(22-6-2-3-7-23(22)31(36)39)30(38)34-13-12-21-14-19(17-43-21)16-42-18-37/h2-3,6-7,10-11,14-15,17-18,26-29,35H,4-5,8-9,12-13,16H2,1H3,(H,34,38)/t26-,27-,28+,29-/m0/s1. The Morgan fingerprint density at radius 1 is 1.11 bits per heavy atom. The van der Waals surface area contributed by atoms with Crippen LogP contribution in [0.4, 0.5) is 0 Å². The molecule has 44 heavy (non-hydrogen) atoms. The number of hydrogen-bond donors (Lipinski definition) is 2. The van der Waals surface area contributed by atoms with Crippen LogP contribution in [0.2, 0.25) is 10.0 Å². The maximum atomic E-state index is 14.4. The third kappa shape index (κ3) is 7.29. The Kier molecular flexibility index (Phi) is 10.3. The minimum atomic E-state index is -3.58. The summed E-state index contributed by atoms with van der Waals surface area (Å²) in [4.78, 5) is 41.8. The van der Waals surface area contributed by atoms with Gasteiger partial charge in [0.15, 0.2) is 0 Å². The summed E-state index contributed by atoms with van der Waals surface area (Å²) >= 11 is 14.6. The molecule has 9 nitrogen and oxygen atoms in total. The highest BCUT2D eigenvalue weighted by molar-refractivity contribution is 7.88. The average Bonchev–Trinajstić information content (AvgIpc) is 3.43. The molecule has 13 heteroatoms. The lowest BCUT2D eigenvalue weighted by atomic mass is 9.76. The molecule has 0 spiro atoms. The zero-order valence-electron chi connectivity index (χ0n) is 24.0. The van der Waals surface area contributed by atoms with Crippen molar-refractivity contribution in [2.24, 2.45) is 0 Å². The number of nitrogens with one attached hydrogen (secondary N) is 2. The van der Waals surface area contributed by atoms with Gasteiger partial charge in [0, 0.05) is 44.7 Å². The van der Waals surface area contributed by atoms with Gasteiger partial charge in [0.1, 0.15) is 6.61 Å². The number of hydrogen-bond acceptors (Lipinski definition) is 7. The normalized spacial score (nSPS) is 21.9. The molecule has 5 rings (SSSR count). The van der Waals surface area contributed by atoms with Crippen LogP contribution in [0.5, 0.6) is 0 Å². The van der Waals surface area contributed by atoms with Crippen LogP contribution < -0.4 is 10.0 Å². The van der Waals surface area contributed by atoms with E-state index in [9.17, 15) is 22.8 Å². The summed E-state index contributed by atoms with van der Waals surface area (Å²) in [7, 11) is -3.58. The second-order valence-corrected chi connectivity index (χ2v) is 14.7. The number of carbonyl (C=O) groups is 3. The van der Waals surface area contributed by atoms with E-state index in [0.29, 0.717) is 59.0 Å². The summed E-state index contributed by atoms with van der Waals surface area (Å²) in [6, 6.07) is 12.1. The molecule has 1 fully saturated rings. The molecule has 234 valence electrons. The largest absolute Gasteiger partial charge is 0.463 e. The van der Waals surface area contributed by atoms with Gasteiger partial charge in [-0.2, -0.15) is 0 Å². The zero-order valence-corrected chi connectivity index (χ0v) is 27.1. The van der Waals surface area contributed by atoms with Crippen molar-refractivity contribution in [1.82, 2.24) is 14.9 Å². The average molecular weight is 679 g/mol. The third-order valence-corrected chi connectivity index (χ3v) is 10.4. The first-order chi connectivity index (χ1) is 21.1. The van der Waals surface area contributed by atoms with Crippen LogP contribution >= 0.6 is 34.5 Å². The van der Waals surface area contributed by atoms with Crippen molar-refractivity contribution in [2.75, 3.05) is 12.8 Å². The summed E-state index contributed by atoms with van der Waals surface area (Å²) < 4.78 is 32.3. The number of ether oxygens (including phenoxy) is 1. The first kappa shape index (κ1) is 32.4. The fourth-order valence-corrected chi connectivity index (χ4v) is 8.53. The van der Waals surface area contributed by atoms with Gasteiger partial charge in [-0.15, -0.1) is 11.3 Å². The molecule has 4 atom stereocenters. The number of carbonyl (C=O) groups excluding carboxylic acids is 3. The lowest BCUT2D eigenvalue weighted by Gasteiger charge is -2.49. The van der Waals surface area contributed by atoms with E-state index in [2.05, 4.69) is 10.0 Å². The number of thiophene rings is 1. The summed E-state index contributed by atoms with van der Waals surface area (Å²) in [5, 5.41) is 5.71. The van der Waals surface area contributed by atoms with Crippen LogP contribution in [0.1, 0.15) is 69.6 Å². The Hall–Kier alpha value is -2.96. The van der Waals surface area contributed by atoms with Crippen molar-refractivity contribution in [3.05, 3.63) is 91.1 Å². The monoisotopic (exact) mass is 677 g/mol. The SMILES string of the molecule is CS(=O)(=O)N[C@H]1CCCC[C@@H]1N1C(=O)c2ccccc2[C@@H](C(=O)NCCc2cc(COC=O)cs2)[C@@H]1c1ccc(Cl)cc1Cl. The van der Waals surface area contributed by atoms with E-state index >= 15 is 0 Å². The van der Waals surface area contributed by atoms with Gasteiger partial charge in [-0.05, 0) is 60.0 Å². The molecule has 1 aliphatic carbocycles. The molecule has 0 saturated heterocycles. The number of amides is 2. The minimum Gasteiger partial charge on any atom is -0.463 e. The van der Waals surface area contributed by atoms with Gasteiger partial charge < -0.3 is 15.0 Å². The fraction of sp³-hybridized carbons (Fsp3) is 0.387. The molecular weight excluding hydrogens is 645 g/mol. The quantitative estimate of drug-likeness (QED) is 0.268. The van der Waals surface area contributed by atoms with Crippen LogP contribution in [0.15, 0.2) is 53.9 Å². The predicted octanol–water partition coefficient (Wildman–Crippen LogP) is 5.23. The topological polar surface area (TPSA) is 122 Å². The van der Waals surface area contributed by atoms with Gasteiger partial charge in [-0.1, -0.05) is 60.3 Å². The zero-order chi connectivity index (χ0) is 31.4. The molecule has 2 aliphatic rings. The molecule has 0 unspecified atom stereocenters. The summed E-state index contributed by atoms with van der Waals surface area (Å²) in [5.74, 6) is -1.39. The molecule has 1 aliphatic heterocycles. The molecular formula is C31H33Cl2N3O6S2. The predicted molar refractivity (Wildman–Crippen MR) is 170 cm³/mol. The van der Waals surface area contributed by atoms with Crippen LogP contribution in [-0.4, -0.2) is 56.5 Å². The highest BCUT2D eigenvalue weighted by atomic mass is 35.5. The number of rotatable bonds is 11. The van der Waals surface area contributed by atoms with E-state index in [1.165, 1.54) is 11.3 Å². The van der Waals surface area contributed by atoms with E-state index in [4.69, 9.17) is 27.9 Å². The van der Waals surface area contributed by atoms with E-state index in [0.717, 1.165) is 29.5 Å². The van der Waals surface area contributed by atoms with E-state index in [-0.39, 0.29) is 18.4 Å². The summed E-state index contributed by atoms with van der Waals surface area (Å²) in [5.41, 5.74) is 2.41. The molecule has 2 aromatic carbocycles. The molecule has 2 N–H and O–H groups in total. The van der Waals surface area contributed by atoms with Gasteiger partial charge >= 0.3 is 0 Å². The Labute approximate surface area is 270 Å². The molecule has 0 radical (unpaired) electrons. The number of benzene rings is 2. The summed E-state index contributed by atoms with van der Waals surface area (Å²) in [6.45, 7) is 0.932. The van der Waals surface area contributed by atoms with E-state index < -0.39 is 34.1 Å². The number of sulfonamides is 1. The number of fused-ring (bicyclic) bond motifs is 1. The first-order valence-corrected chi connectivity index (χ1v) is 17.8. The summed E-state index contributed by atoms with van der Waals surface area (Å²) in [6.07, 6.45) is 4.40. The van der Waals surface area contributed by atoms with Crippen molar-refractivity contribution >= 4 is 62.8 Å². The second-order valence-electron chi connectivity index (χ2n) is 11.1. The Morgan fingerprint density at radius 2 is 1.89 bits per heavy atom. The fourth-order valence-electron chi connectivity index (χ4n) is 6.31. The van der Waals surface area contributed by atoms with Crippen LogP contribution in [-0.2, 0) is 37.4 Å². The van der Waals surface area contributed by atoms with Crippen molar-refractivity contribution in [3.8, 4) is 0 Å². The highest BCUT2D eigenvalue weighted by Crippen LogP contribution is 2.47. The maximum Gasteiger partial charge on any atom is 0.293 e. The Morgan fingerprint density at radius 3 is 2.64 bits per heavy atom. The van der Waals surface area contributed by atoms with Gasteiger partial charge in [-0.25, -0.2) is 13.1 Å². The van der Waals surface area contributed by atoms with E-state index in [1.54, 1.807) is 47.4 Å². The first-order valence-electron chi connectivity index (χ1n) is 14.3. The van der Waals surface area contributed by atoms with Crippen LogP contribution in [0, 0.1) is 0 Å². The van der Waals surface area contributed by atoms with Crippen molar-refractivity contribution in [1.29, 1.82) is 0 Å². The lowest BCUT2D eigenvalue weighted by molar-refractivity contribution is -0.129. The second kappa shape index (κ2) is 14.0. The Balaban J connectivity index is 1.53. The molecule has 1 aromatic heterocycles. The van der Waals surface area contributed by atoms with Crippen LogP contribution in [0.3, 0.4) is 0 Å². The molecule has 0 bridgehead atoms. The minimum absolute atomic E-state index is 0.189. The number of nitrogens with zero attached hydrogens (tertiary/aromatic N) is 1. The van der Waals surface area contributed by atoms with Crippen molar-refractivity contribution < 1.29 is 27.5 Å². The highest BCUT2D eigenvalue weighted by Gasteiger charge is 2.49. The van der Waals surface area contributed by atoms with Gasteiger partial charge in [0.05, 0.1) is 18.2 Å². The molecule has 3 aromatic rings.